The summed E-state index contributed by atoms with van der Waals surface area (Å²) in [5, 5.41) is 3.52. The van der Waals surface area contributed by atoms with E-state index >= 15 is 0 Å². The molecule has 1 aromatic heterocycles. The summed E-state index contributed by atoms with van der Waals surface area (Å²) in [7, 11) is 0. The number of nitrogens with zero attached hydrogens (tertiary/aromatic N) is 4. The van der Waals surface area contributed by atoms with Gasteiger partial charge >= 0.3 is 0 Å². The molecule has 2 aromatic rings. The van der Waals surface area contributed by atoms with E-state index in [2.05, 4.69) is 55.7 Å². The first-order valence-electron chi connectivity index (χ1n) is 10.7. The molecule has 5 nitrogen and oxygen atoms in total. The van der Waals surface area contributed by atoms with Crippen LogP contribution >= 0.6 is 11.8 Å². The van der Waals surface area contributed by atoms with Crippen LogP contribution in [-0.2, 0) is 11.3 Å². The molecule has 0 spiro atoms. The molecule has 1 aromatic carbocycles. The lowest BCUT2D eigenvalue weighted by atomic mass is 10.0. The molecule has 29 heavy (non-hydrogen) atoms. The van der Waals surface area contributed by atoms with Crippen molar-refractivity contribution in [3.63, 3.8) is 0 Å². The van der Waals surface area contributed by atoms with Gasteiger partial charge in [-0.05, 0) is 48.7 Å². The average Bonchev–Trinajstić information content (AvgIpc) is 2.73. The molecule has 0 saturated carbocycles. The molecular weight excluding hydrogens is 380 g/mol. The molecule has 0 atom stereocenters. The maximum absolute atomic E-state index is 5.49. The van der Waals surface area contributed by atoms with E-state index in [1.165, 1.54) is 22.1 Å². The molecule has 4 rings (SSSR count). The van der Waals surface area contributed by atoms with Gasteiger partial charge in [0.2, 0.25) is 0 Å². The summed E-state index contributed by atoms with van der Waals surface area (Å²) < 4.78 is 5.49. The maximum Gasteiger partial charge on any atom is 0.165 e. The Morgan fingerprint density at radius 2 is 1.90 bits per heavy atom. The van der Waals surface area contributed by atoms with Crippen molar-refractivity contribution in [3.05, 3.63) is 34.9 Å². The second-order valence-corrected chi connectivity index (χ2v) is 9.50. The Morgan fingerprint density at radius 1 is 1.14 bits per heavy atom. The predicted octanol–water partition coefficient (Wildman–Crippen LogP) is 4.10. The Hall–Kier alpha value is -1.63. The number of thioether (sulfide) groups is 1. The van der Waals surface area contributed by atoms with Gasteiger partial charge in [0.15, 0.2) is 5.17 Å². The predicted molar refractivity (Wildman–Crippen MR) is 122 cm³/mol. The molecule has 0 amide bonds. The Bertz CT molecular complexity index is 905. The Labute approximate surface area is 178 Å². The van der Waals surface area contributed by atoms with Crippen LogP contribution in [0.1, 0.15) is 30.5 Å². The molecule has 0 N–H and O–H groups in total. The van der Waals surface area contributed by atoms with Crippen LogP contribution in [0.4, 0.5) is 0 Å². The number of hydrogen-bond donors (Lipinski definition) is 0. The zero-order valence-corrected chi connectivity index (χ0v) is 18.9. The number of rotatable bonds is 5. The number of aliphatic imine (C=N–C) groups is 1. The van der Waals surface area contributed by atoms with Gasteiger partial charge in [-0.2, -0.15) is 0 Å². The van der Waals surface area contributed by atoms with Gasteiger partial charge in [-0.1, -0.05) is 26.0 Å². The number of benzene rings is 1. The molecular formula is C23H32N4OS. The van der Waals surface area contributed by atoms with Crippen molar-refractivity contribution < 1.29 is 4.74 Å². The van der Waals surface area contributed by atoms with Crippen LogP contribution in [-0.4, -0.2) is 65.9 Å². The lowest BCUT2D eigenvalue weighted by Crippen LogP contribution is -2.43. The summed E-state index contributed by atoms with van der Waals surface area (Å²) in [4.78, 5) is 15.0. The fourth-order valence-corrected chi connectivity index (χ4v) is 4.83. The van der Waals surface area contributed by atoms with Crippen molar-refractivity contribution >= 4 is 27.8 Å². The van der Waals surface area contributed by atoms with Crippen molar-refractivity contribution in [3.8, 4) is 0 Å². The van der Waals surface area contributed by atoms with E-state index in [0.717, 1.165) is 68.2 Å². The van der Waals surface area contributed by atoms with Gasteiger partial charge in [0.25, 0.3) is 0 Å². The second kappa shape index (κ2) is 9.02. The highest BCUT2D eigenvalue weighted by Gasteiger charge is 2.25. The summed E-state index contributed by atoms with van der Waals surface area (Å²) in [5.74, 6) is 0.556. The molecule has 6 heteroatoms. The number of fused-ring (bicyclic) bond motifs is 2. The summed E-state index contributed by atoms with van der Waals surface area (Å²) >= 11 is 1.74. The van der Waals surface area contributed by atoms with Gasteiger partial charge in [0.1, 0.15) is 5.03 Å². The zero-order valence-electron chi connectivity index (χ0n) is 18.1. The molecule has 0 aliphatic carbocycles. The summed E-state index contributed by atoms with van der Waals surface area (Å²) in [6.07, 6.45) is 0. The van der Waals surface area contributed by atoms with E-state index in [1.807, 2.05) is 0 Å². The van der Waals surface area contributed by atoms with Crippen LogP contribution in [0.5, 0.6) is 0 Å². The number of morpholine rings is 1. The number of hydrogen-bond acceptors (Lipinski definition) is 5. The molecule has 0 unspecified atom stereocenters. The minimum absolute atomic E-state index is 0.556. The standard InChI is InChI=1S/C23H32N4OS/c1-16(2)14-24-23-27(8-7-26-9-11-28-12-10-26)15-19-13-20-17(3)5-6-18(4)21(20)25-22(19)29-23/h5-6,13,16H,7-12,14-15H2,1-4H3. The first-order valence-corrected chi connectivity index (χ1v) is 11.5. The van der Waals surface area contributed by atoms with E-state index in [-0.39, 0.29) is 0 Å². The highest BCUT2D eigenvalue weighted by molar-refractivity contribution is 8.13. The third-order valence-electron chi connectivity index (χ3n) is 5.64. The quantitative estimate of drug-likeness (QED) is 0.739. The molecule has 2 aliphatic heterocycles. The van der Waals surface area contributed by atoms with Crippen LogP contribution in [0, 0.1) is 19.8 Å². The van der Waals surface area contributed by atoms with E-state index in [9.17, 15) is 0 Å². The first-order chi connectivity index (χ1) is 14.0. The Balaban J connectivity index is 1.61. The topological polar surface area (TPSA) is 41.0 Å². The van der Waals surface area contributed by atoms with Gasteiger partial charge in [0, 0.05) is 50.2 Å². The van der Waals surface area contributed by atoms with Crippen LogP contribution in [0.3, 0.4) is 0 Å². The number of ether oxygens (including phenoxy) is 1. The largest absolute Gasteiger partial charge is 0.379 e. The third kappa shape index (κ3) is 4.76. The average molecular weight is 413 g/mol. The molecule has 3 heterocycles. The van der Waals surface area contributed by atoms with Crippen LogP contribution < -0.4 is 0 Å². The number of aryl methyl sites for hydroxylation is 2. The molecule has 1 fully saturated rings. The molecule has 156 valence electrons. The van der Waals surface area contributed by atoms with Gasteiger partial charge < -0.3 is 9.64 Å². The molecule has 2 aliphatic rings. The van der Waals surface area contributed by atoms with Crippen molar-refractivity contribution in [1.82, 2.24) is 14.8 Å². The monoisotopic (exact) mass is 412 g/mol. The van der Waals surface area contributed by atoms with Gasteiger partial charge in [-0.15, -0.1) is 0 Å². The second-order valence-electron chi connectivity index (χ2n) is 8.54. The maximum atomic E-state index is 5.49. The highest BCUT2D eigenvalue weighted by atomic mass is 32.2. The van der Waals surface area contributed by atoms with Crippen LogP contribution in [0.2, 0.25) is 0 Å². The molecule has 0 radical (unpaired) electrons. The SMILES string of the molecule is Cc1ccc(C)c2nc3c(cc12)CN(CCN1CCOCC1)C(=NCC(C)C)S3. The van der Waals surface area contributed by atoms with Crippen molar-refractivity contribution in [2.45, 2.75) is 39.3 Å². The van der Waals surface area contributed by atoms with E-state index < -0.39 is 0 Å². The first kappa shape index (κ1) is 20.6. The lowest BCUT2D eigenvalue weighted by Gasteiger charge is -2.34. The Kier molecular flexibility index (Phi) is 6.42. The Morgan fingerprint density at radius 3 is 2.66 bits per heavy atom. The number of amidine groups is 1. The normalized spacial score (nSPS) is 19.3. The highest BCUT2D eigenvalue weighted by Crippen LogP contribution is 2.34. The van der Waals surface area contributed by atoms with Gasteiger partial charge in [0.05, 0.1) is 18.7 Å². The van der Waals surface area contributed by atoms with Crippen LogP contribution in [0.25, 0.3) is 10.9 Å². The van der Waals surface area contributed by atoms with Crippen molar-refractivity contribution in [2.75, 3.05) is 45.9 Å². The summed E-state index contributed by atoms with van der Waals surface area (Å²) in [5.41, 5.74) is 4.98. The summed E-state index contributed by atoms with van der Waals surface area (Å²) in [6.45, 7) is 16.3. The van der Waals surface area contributed by atoms with Crippen LogP contribution in [0.15, 0.2) is 28.2 Å². The molecule has 1 saturated heterocycles. The third-order valence-corrected chi connectivity index (χ3v) is 6.76. The van der Waals surface area contributed by atoms with E-state index in [1.54, 1.807) is 11.8 Å². The van der Waals surface area contributed by atoms with E-state index in [4.69, 9.17) is 14.7 Å². The van der Waals surface area contributed by atoms with Crippen molar-refractivity contribution in [1.29, 1.82) is 0 Å². The minimum atomic E-state index is 0.556. The zero-order chi connectivity index (χ0) is 20.4. The number of aromatic nitrogens is 1. The fourth-order valence-electron chi connectivity index (χ4n) is 3.84. The fraction of sp³-hybridized carbons (Fsp3) is 0.565. The number of pyridine rings is 1. The van der Waals surface area contributed by atoms with Gasteiger partial charge in [-0.25, -0.2) is 4.98 Å². The minimum Gasteiger partial charge on any atom is -0.379 e. The van der Waals surface area contributed by atoms with E-state index in [0.29, 0.717) is 5.92 Å². The summed E-state index contributed by atoms with van der Waals surface area (Å²) in [6, 6.07) is 6.73. The molecule has 0 bridgehead atoms. The lowest BCUT2D eigenvalue weighted by molar-refractivity contribution is 0.0357. The smallest absolute Gasteiger partial charge is 0.165 e. The van der Waals surface area contributed by atoms with Gasteiger partial charge in [-0.3, -0.25) is 9.89 Å². The van der Waals surface area contributed by atoms with Crippen molar-refractivity contribution in [2.24, 2.45) is 10.9 Å².